The Morgan fingerprint density at radius 3 is 3.06 bits per heavy atom. The number of hydrogen-bond acceptors (Lipinski definition) is 3. The van der Waals surface area contributed by atoms with Crippen LogP contribution in [0.15, 0.2) is 6.07 Å². The van der Waals surface area contributed by atoms with Gasteiger partial charge in [0, 0.05) is 25.7 Å². The number of hydrogen-bond donors (Lipinski definition) is 1. The lowest BCUT2D eigenvalue weighted by atomic mass is 10.2. The highest BCUT2D eigenvalue weighted by atomic mass is 15.3. The molecule has 4 nitrogen and oxygen atoms in total. The van der Waals surface area contributed by atoms with Gasteiger partial charge in [-0.05, 0) is 46.3 Å². The third-order valence-corrected chi connectivity index (χ3v) is 3.41. The molecule has 2 rings (SSSR count). The number of nitrogens with zero attached hydrogens (tertiary/aromatic N) is 3. The maximum absolute atomic E-state index is 4.49. The van der Waals surface area contributed by atoms with E-state index in [1.165, 1.54) is 25.1 Å². The van der Waals surface area contributed by atoms with Gasteiger partial charge in [-0.2, -0.15) is 5.10 Å². The quantitative estimate of drug-likeness (QED) is 0.839. The molecule has 1 aromatic heterocycles. The maximum atomic E-state index is 4.49. The molecule has 1 fully saturated rings. The second-order valence-electron chi connectivity index (χ2n) is 5.08. The van der Waals surface area contributed by atoms with Crippen LogP contribution in [0.2, 0.25) is 0 Å². The molecule has 1 aliphatic heterocycles. The summed E-state index contributed by atoms with van der Waals surface area (Å²) in [6.45, 7) is 8.48. The molecule has 1 saturated heterocycles. The minimum atomic E-state index is 0.680. The molecule has 1 aromatic rings. The van der Waals surface area contributed by atoms with Crippen LogP contribution in [0.1, 0.15) is 31.2 Å². The third kappa shape index (κ3) is 3.30. The zero-order valence-corrected chi connectivity index (χ0v) is 11.2. The molecular formula is C13H24N4. The molecule has 4 heteroatoms. The van der Waals surface area contributed by atoms with E-state index in [9.17, 15) is 0 Å². The summed E-state index contributed by atoms with van der Waals surface area (Å²) in [5.41, 5.74) is 2.44. The average molecular weight is 236 g/mol. The van der Waals surface area contributed by atoms with Gasteiger partial charge in [-0.25, -0.2) is 0 Å². The van der Waals surface area contributed by atoms with E-state index in [-0.39, 0.29) is 0 Å². The first-order valence-electron chi connectivity index (χ1n) is 6.64. The first-order valence-corrected chi connectivity index (χ1v) is 6.64. The van der Waals surface area contributed by atoms with Crippen LogP contribution in [0, 0.1) is 6.92 Å². The van der Waals surface area contributed by atoms with Crippen molar-refractivity contribution in [2.75, 3.05) is 20.1 Å². The molecule has 0 spiro atoms. The SMILES string of the molecule is CCn1nc(C)cc1CN(C)CC1CCCN1. The molecule has 0 saturated carbocycles. The van der Waals surface area contributed by atoms with Crippen molar-refractivity contribution in [3.8, 4) is 0 Å². The predicted molar refractivity (Wildman–Crippen MR) is 70.0 cm³/mol. The normalized spacial score (nSPS) is 20.4. The van der Waals surface area contributed by atoms with Crippen molar-refractivity contribution < 1.29 is 0 Å². The van der Waals surface area contributed by atoms with E-state index in [0.717, 1.165) is 25.3 Å². The molecule has 1 aliphatic rings. The van der Waals surface area contributed by atoms with E-state index in [2.05, 4.69) is 47.0 Å². The highest BCUT2D eigenvalue weighted by Gasteiger charge is 2.16. The Hall–Kier alpha value is -0.870. The molecule has 1 unspecified atom stereocenters. The zero-order valence-electron chi connectivity index (χ0n) is 11.2. The van der Waals surface area contributed by atoms with Crippen LogP contribution in [0.4, 0.5) is 0 Å². The Morgan fingerprint density at radius 2 is 2.41 bits per heavy atom. The fraction of sp³-hybridized carbons (Fsp3) is 0.769. The maximum Gasteiger partial charge on any atom is 0.0597 e. The molecule has 2 heterocycles. The van der Waals surface area contributed by atoms with Gasteiger partial charge in [0.2, 0.25) is 0 Å². The van der Waals surface area contributed by atoms with E-state index < -0.39 is 0 Å². The molecule has 0 bridgehead atoms. The van der Waals surface area contributed by atoms with E-state index in [4.69, 9.17) is 0 Å². The largest absolute Gasteiger partial charge is 0.313 e. The lowest BCUT2D eigenvalue weighted by Gasteiger charge is -2.21. The summed E-state index contributed by atoms with van der Waals surface area (Å²) in [4.78, 5) is 2.39. The second-order valence-corrected chi connectivity index (χ2v) is 5.08. The van der Waals surface area contributed by atoms with Crippen LogP contribution in [0.5, 0.6) is 0 Å². The summed E-state index contributed by atoms with van der Waals surface area (Å²) in [5.74, 6) is 0. The summed E-state index contributed by atoms with van der Waals surface area (Å²) in [7, 11) is 2.20. The molecule has 1 N–H and O–H groups in total. The monoisotopic (exact) mass is 236 g/mol. The highest BCUT2D eigenvalue weighted by molar-refractivity contribution is 5.08. The van der Waals surface area contributed by atoms with Gasteiger partial charge in [0.15, 0.2) is 0 Å². The summed E-state index contributed by atoms with van der Waals surface area (Å²) >= 11 is 0. The lowest BCUT2D eigenvalue weighted by molar-refractivity contribution is 0.284. The van der Waals surface area contributed by atoms with Crippen molar-refractivity contribution >= 4 is 0 Å². The van der Waals surface area contributed by atoms with Crippen LogP contribution in [-0.4, -0.2) is 40.9 Å². The Kier molecular flexibility index (Phi) is 4.18. The van der Waals surface area contributed by atoms with Crippen molar-refractivity contribution in [1.82, 2.24) is 20.0 Å². The smallest absolute Gasteiger partial charge is 0.0597 e. The Morgan fingerprint density at radius 1 is 1.59 bits per heavy atom. The topological polar surface area (TPSA) is 33.1 Å². The van der Waals surface area contributed by atoms with Crippen molar-refractivity contribution in [3.63, 3.8) is 0 Å². The first-order chi connectivity index (χ1) is 8.19. The van der Waals surface area contributed by atoms with Crippen LogP contribution in [-0.2, 0) is 13.1 Å². The van der Waals surface area contributed by atoms with E-state index in [1.54, 1.807) is 0 Å². The highest BCUT2D eigenvalue weighted by Crippen LogP contribution is 2.10. The molecular weight excluding hydrogens is 212 g/mol. The minimum absolute atomic E-state index is 0.680. The number of rotatable bonds is 5. The van der Waals surface area contributed by atoms with Gasteiger partial charge < -0.3 is 5.32 Å². The minimum Gasteiger partial charge on any atom is -0.313 e. The zero-order chi connectivity index (χ0) is 12.3. The summed E-state index contributed by atoms with van der Waals surface area (Å²) in [6, 6.07) is 2.88. The first kappa shape index (κ1) is 12.6. The molecule has 17 heavy (non-hydrogen) atoms. The Labute approximate surface area is 104 Å². The molecule has 1 atom stereocenters. The van der Waals surface area contributed by atoms with Gasteiger partial charge in [0.25, 0.3) is 0 Å². The van der Waals surface area contributed by atoms with Gasteiger partial charge in [0.05, 0.1) is 11.4 Å². The second kappa shape index (κ2) is 5.65. The van der Waals surface area contributed by atoms with Gasteiger partial charge in [-0.3, -0.25) is 9.58 Å². The Balaban J connectivity index is 1.90. The van der Waals surface area contributed by atoms with Crippen LogP contribution in [0.25, 0.3) is 0 Å². The van der Waals surface area contributed by atoms with Gasteiger partial charge in [0.1, 0.15) is 0 Å². The molecule has 0 radical (unpaired) electrons. The lowest BCUT2D eigenvalue weighted by Crippen LogP contribution is -2.35. The molecule has 0 aromatic carbocycles. The van der Waals surface area contributed by atoms with Crippen LogP contribution in [0.3, 0.4) is 0 Å². The van der Waals surface area contributed by atoms with Gasteiger partial charge >= 0.3 is 0 Å². The summed E-state index contributed by atoms with van der Waals surface area (Å²) in [5, 5.41) is 8.03. The van der Waals surface area contributed by atoms with Crippen molar-refractivity contribution in [2.24, 2.45) is 0 Å². The van der Waals surface area contributed by atoms with E-state index in [0.29, 0.717) is 6.04 Å². The van der Waals surface area contributed by atoms with Gasteiger partial charge in [-0.15, -0.1) is 0 Å². The molecule has 96 valence electrons. The summed E-state index contributed by atoms with van der Waals surface area (Å²) in [6.07, 6.45) is 2.64. The van der Waals surface area contributed by atoms with E-state index >= 15 is 0 Å². The standard InChI is InChI=1S/C13H24N4/c1-4-17-13(8-11(2)15-17)10-16(3)9-12-6-5-7-14-12/h8,12,14H,4-7,9-10H2,1-3H3. The predicted octanol–water partition coefficient (Wildman–Crippen LogP) is 1.40. The Bertz CT molecular complexity index is 352. The third-order valence-electron chi connectivity index (χ3n) is 3.41. The number of nitrogens with one attached hydrogen (secondary N) is 1. The molecule has 0 aliphatic carbocycles. The number of aryl methyl sites for hydroxylation is 2. The number of aromatic nitrogens is 2. The van der Waals surface area contributed by atoms with Crippen molar-refractivity contribution in [2.45, 2.75) is 45.8 Å². The molecule has 0 amide bonds. The fourth-order valence-electron chi connectivity index (χ4n) is 2.63. The van der Waals surface area contributed by atoms with Crippen LogP contribution < -0.4 is 5.32 Å². The summed E-state index contributed by atoms with van der Waals surface area (Å²) < 4.78 is 2.11. The van der Waals surface area contributed by atoms with Gasteiger partial charge in [-0.1, -0.05) is 0 Å². The van der Waals surface area contributed by atoms with Crippen molar-refractivity contribution in [1.29, 1.82) is 0 Å². The number of likely N-dealkylation sites (N-methyl/N-ethyl adjacent to an activating group) is 1. The fourth-order valence-corrected chi connectivity index (χ4v) is 2.63. The van der Waals surface area contributed by atoms with E-state index in [1.807, 2.05) is 0 Å². The van der Waals surface area contributed by atoms with Crippen molar-refractivity contribution in [3.05, 3.63) is 17.5 Å². The van der Waals surface area contributed by atoms with Crippen LogP contribution >= 0.6 is 0 Å². The average Bonchev–Trinajstić information content (AvgIpc) is 2.88.